The Morgan fingerprint density at radius 3 is 2.53 bits per heavy atom. The van der Waals surface area contributed by atoms with Crippen molar-refractivity contribution in [2.75, 3.05) is 6.61 Å². The molecule has 0 radical (unpaired) electrons. The molecule has 1 aromatic rings. The molecule has 0 aliphatic heterocycles. The van der Waals surface area contributed by atoms with Crippen LogP contribution in [-0.4, -0.2) is 17.7 Å². The summed E-state index contributed by atoms with van der Waals surface area (Å²) in [6.45, 7) is 1.92. The maximum Gasteiger partial charge on any atom is 0.528 e. The lowest BCUT2D eigenvalue weighted by Crippen LogP contribution is -2.08. The Morgan fingerprint density at radius 1 is 1.47 bits per heavy atom. The predicted octanol–water partition coefficient (Wildman–Crippen LogP) is 2.59. The molecule has 0 fully saturated rings. The lowest BCUT2D eigenvalue weighted by atomic mass is 10.1. The van der Waals surface area contributed by atoms with E-state index in [2.05, 4.69) is 0 Å². The highest BCUT2D eigenvalue weighted by Gasteiger charge is 2.41. The third-order valence-corrected chi connectivity index (χ3v) is 3.27. The molecule has 0 bridgehead atoms. The maximum absolute atomic E-state index is 11.5. The number of benzene rings is 1. The van der Waals surface area contributed by atoms with E-state index in [9.17, 15) is 9.36 Å². The second-order valence-electron chi connectivity index (χ2n) is 2.85. The van der Waals surface area contributed by atoms with E-state index in [1.54, 1.807) is 37.3 Å². The number of carboxylic acids is 1. The van der Waals surface area contributed by atoms with Crippen LogP contribution in [0.2, 0.25) is 0 Å². The van der Waals surface area contributed by atoms with Crippen molar-refractivity contribution in [3.63, 3.8) is 0 Å². The van der Waals surface area contributed by atoms with Gasteiger partial charge in [-0.3, -0.25) is 0 Å². The van der Waals surface area contributed by atoms with E-state index in [-0.39, 0.29) is 6.61 Å². The van der Waals surface area contributed by atoms with Crippen LogP contribution in [0.25, 0.3) is 0 Å². The van der Waals surface area contributed by atoms with Crippen LogP contribution in [0.15, 0.2) is 30.3 Å². The molecule has 0 aromatic heterocycles. The number of hydrogen-bond donors (Lipinski definition) is 1. The van der Waals surface area contributed by atoms with Crippen molar-refractivity contribution >= 4 is 14.0 Å². The van der Waals surface area contributed by atoms with Gasteiger partial charge in [-0.15, -0.1) is 4.52 Å². The van der Waals surface area contributed by atoms with Crippen LogP contribution in [0.1, 0.15) is 18.1 Å². The molecule has 1 rings (SSSR count). The van der Waals surface area contributed by atoms with Crippen molar-refractivity contribution in [2.24, 2.45) is 0 Å². The summed E-state index contributed by atoms with van der Waals surface area (Å²) in [5.41, 5.74) is -0.583. The van der Waals surface area contributed by atoms with Crippen molar-refractivity contribution in [1.82, 2.24) is 0 Å². The van der Waals surface area contributed by atoms with Crippen LogP contribution >= 0.6 is 8.03 Å². The first-order valence-corrected chi connectivity index (χ1v) is 5.78. The predicted molar refractivity (Wildman–Crippen MR) is 56.1 cm³/mol. The average molecular weight is 227 g/mol. The highest BCUT2D eigenvalue weighted by Crippen LogP contribution is 2.41. The van der Waals surface area contributed by atoms with Crippen molar-refractivity contribution in [2.45, 2.75) is 12.6 Å². The number of rotatable bonds is 5. The summed E-state index contributed by atoms with van der Waals surface area (Å²) < 4.78 is 16.4. The van der Waals surface area contributed by atoms with Crippen LogP contribution in [-0.2, 0) is 13.9 Å². The minimum absolute atomic E-state index is 0.242. The molecule has 0 aliphatic carbocycles. The van der Waals surface area contributed by atoms with Crippen molar-refractivity contribution in [3.05, 3.63) is 35.9 Å². The van der Waals surface area contributed by atoms with Crippen molar-refractivity contribution in [1.29, 1.82) is 0 Å². The molecule has 0 heterocycles. The molecule has 5 heteroatoms. The lowest BCUT2D eigenvalue weighted by molar-refractivity contribution is -0.136. The molecule has 0 saturated heterocycles. The van der Waals surface area contributed by atoms with Crippen molar-refractivity contribution < 1.29 is 19.0 Å². The first kappa shape index (κ1) is 11.8. The fourth-order valence-electron chi connectivity index (χ4n) is 1.19. The SMILES string of the molecule is CCO[P+](=O)C(C(=O)O)c1ccccc1. The van der Waals surface area contributed by atoms with Crippen LogP contribution < -0.4 is 0 Å². The molecule has 2 unspecified atom stereocenters. The molecule has 0 saturated carbocycles. The Kier molecular flexibility index (Phi) is 4.40. The molecule has 80 valence electrons. The van der Waals surface area contributed by atoms with Crippen molar-refractivity contribution in [3.8, 4) is 0 Å². The Bertz CT molecular complexity index is 350. The summed E-state index contributed by atoms with van der Waals surface area (Å²) in [6.07, 6.45) is 0. The lowest BCUT2D eigenvalue weighted by Gasteiger charge is -2.00. The fraction of sp³-hybridized carbons (Fsp3) is 0.300. The normalized spacial score (nSPS) is 13.3. The molecule has 4 nitrogen and oxygen atoms in total. The number of carboxylic acid groups (broad SMARTS) is 1. The Labute approximate surface area is 88.8 Å². The van der Waals surface area contributed by atoms with E-state index >= 15 is 0 Å². The van der Waals surface area contributed by atoms with Gasteiger partial charge in [-0.25, -0.2) is 4.79 Å². The largest absolute Gasteiger partial charge is 0.528 e. The van der Waals surface area contributed by atoms with Gasteiger partial charge < -0.3 is 5.11 Å². The van der Waals surface area contributed by atoms with E-state index in [4.69, 9.17) is 9.63 Å². The highest BCUT2D eigenvalue weighted by molar-refractivity contribution is 7.40. The van der Waals surface area contributed by atoms with Gasteiger partial charge in [-0.1, -0.05) is 30.3 Å². The van der Waals surface area contributed by atoms with Crippen LogP contribution in [0.4, 0.5) is 0 Å². The smallest absolute Gasteiger partial charge is 0.478 e. The summed E-state index contributed by atoms with van der Waals surface area (Å²) in [6, 6.07) is 8.45. The van der Waals surface area contributed by atoms with Gasteiger partial charge >= 0.3 is 19.7 Å². The van der Waals surface area contributed by atoms with E-state index < -0.39 is 19.7 Å². The van der Waals surface area contributed by atoms with E-state index in [0.717, 1.165) is 0 Å². The standard InChI is InChI=1S/C10H11O4P/c1-2-14-15(13)9(10(11)12)8-6-4-3-5-7-8/h3-7,9H,2H2,1H3/p+1. The Balaban J connectivity index is 2.94. The molecule has 1 aromatic carbocycles. The maximum atomic E-state index is 11.5. The van der Waals surface area contributed by atoms with Gasteiger partial charge in [0.05, 0.1) is 6.61 Å². The average Bonchev–Trinajstić information content (AvgIpc) is 2.19. The fourth-order valence-corrected chi connectivity index (χ4v) is 2.19. The summed E-state index contributed by atoms with van der Waals surface area (Å²) >= 11 is 0. The van der Waals surface area contributed by atoms with E-state index in [1.807, 2.05) is 0 Å². The first-order chi connectivity index (χ1) is 7.16. The minimum Gasteiger partial charge on any atom is -0.478 e. The number of carbonyl (C=O) groups is 1. The second-order valence-corrected chi connectivity index (χ2v) is 4.20. The monoisotopic (exact) mass is 227 g/mol. The molecule has 2 atom stereocenters. The molecule has 0 amide bonds. The summed E-state index contributed by atoms with van der Waals surface area (Å²) in [7, 11) is -2.21. The van der Waals surface area contributed by atoms with Gasteiger partial charge in [0.2, 0.25) is 0 Å². The van der Waals surface area contributed by atoms with Crippen LogP contribution in [0.3, 0.4) is 0 Å². The third-order valence-electron chi connectivity index (χ3n) is 1.82. The number of aliphatic carboxylic acids is 1. The zero-order chi connectivity index (χ0) is 11.3. The first-order valence-electron chi connectivity index (χ1n) is 4.53. The van der Waals surface area contributed by atoms with Gasteiger partial charge in [0, 0.05) is 5.56 Å². The highest BCUT2D eigenvalue weighted by atomic mass is 31.1. The Hall–Kier alpha value is -1.25. The summed E-state index contributed by atoms with van der Waals surface area (Å²) in [5.74, 6) is -1.13. The molecule has 1 N–H and O–H groups in total. The summed E-state index contributed by atoms with van der Waals surface area (Å²) in [5, 5.41) is 8.96. The molecule has 15 heavy (non-hydrogen) atoms. The molecule has 0 aliphatic rings. The van der Waals surface area contributed by atoms with E-state index in [0.29, 0.717) is 5.56 Å². The van der Waals surface area contributed by atoms with Crippen LogP contribution in [0, 0.1) is 0 Å². The van der Waals surface area contributed by atoms with Crippen LogP contribution in [0.5, 0.6) is 0 Å². The van der Waals surface area contributed by atoms with Gasteiger partial charge in [-0.05, 0) is 11.5 Å². The zero-order valence-electron chi connectivity index (χ0n) is 8.29. The van der Waals surface area contributed by atoms with Gasteiger partial charge in [0.15, 0.2) is 0 Å². The van der Waals surface area contributed by atoms with Gasteiger partial charge in [-0.2, -0.15) is 0 Å². The van der Waals surface area contributed by atoms with Gasteiger partial charge in [0.1, 0.15) is 0 Å². The topological polar surface area (TPSA) is 63.6 Å². The molecular weight excluding hydrogens is 215 g/mol. The molecule has 0 spiro atoms. The second kappa shape index (κ2) is 5.59. The minimum atomic E-state index is -2.21. The zero-order valence-corrected chi connectivity index (χ0v) is 9.18. The number of hydrogen-bond acceptors (Lipinski definition) is 3. The summed E-state index contributed by atoms with van der Waals surface area (Å²) in [4.78, 5) is 11.0. The third kappa shape index (κ3) is 3.11. The quantitative estimate of drug-likeness (QED) is 0.785. The van der Waals surface area contributed by atoms with E-state index in [1.165, 1.54) is 0 Å². The van der Waals surface area contributed by atoms with Gasteiger partial charge in [0.25, 0.3) is 0 Å². The molecular formula is C10H12O4P+. The Morgan fingerprint density at radius 2 is 2.07 bits per heavy atom.